The molecule has 0 saturated carbocycles. The number of halogens is 1. The van der Waals surface area contributed by atoms with Crippen molar-refractivity contribution < 1.29 is 14.3 Å². The van der Waals surface area contributed by atoms with Gasteiger partial charge in [-0.15, -0.1) is 0 Å². The lowest BCUT2D eigenvalue weighted by Gasteiger charge is -2.11. The third kappa shape index (κ3) is 1.06. The normalized spacial score (nSPS) is 33.4. The molecule has 0 N–H and O–H groups in total. The van der Waals surface area contributed by atoms with Crippen molar-refractivity contribution in [3.8, 4) is 0 Å². The van der Waals surface area contributed by atoms with Crippen molar-refractivity contribution >= 4 is 22.9 Å². The molecule has 0 aromatic rings. The summed E-state index contributed by atoms with van der Waals surface area (Å²) in [5.41, 5.74) is 0. The second-order valence-electron chi connectivity index (χ2n) is 3.15. The lowest BCUT2D eigenvalue weighted by atomic mass is 10.0. The molecule has 2 saturated heterocycles. The number of carbonyl (C=O) groups is 2. The summed E-state index contributed by atoms with van der Waals surface area (Å²) in [5.74, 6) is -0.159. The summed E-state index contributed by atoms with van der Waals surface area (Å²) in [4.78, 5) is 23.2. The fourth-order valence-electron chi connectivity index (χ4n) is 1.75. The Kier molecular flexibility index (Phi) is 1.72. The molecule has 0 aromatic heterocycles. The van der Waals surface area contributed by atoms with E-state index in [0.717, 1.165) is 0 Å². The van der Waals surface area contributed by atoms with Gasteiger partial charge in [-0.05, 0) is 11.6 Å². The quantitative estimate of drug-likeness (QED) is 0.316. The average molecular weight is 190 g/mol. The topological polar surface area (TPSA) is 46.6 Å². The van der Waals surface area contributed by atoms with Crippen LogP contribution in [-0.2, 0) is 9.53 Å². The van der Waals surface area contributed by atoms with Crippen LogP contribution in [0.1, 0.15) is 0 Å². The lowest BCUT2D eigenvalue weighted by molar-refractivity contribution is -0.141. The van der Waals surface area contributed by atoms with E-state index < -0.39 is 5.37 Å². The number of carbonyl (C=O) groups excluding carboxylic acids is 2. The van der Waals surface area contributed by atoms with Crippen molar-refractivity contribution in [2.75, 3.05) is 19.7 Å². The van der Waals surface area contributed by atoms with E-state index in [2.05, 4.69) is 0 Å². The number of fused-ring (bicyclic) bond motifs is 1. The largest absolute Gasteiger partial charge is 0.465 e. The van der Waals surface area contributed by atoms with Gasteiger partial charge in [0.15, 0.2) is 0 Å². The Hall–Kier alpha value is -0.770. The van der Waals surface area contributed by atoms with Crippen LogP contribution < -0.4 is 0 Å². The van der Waals surface area contributed by atoms with Crippen LogP contribution in [0.4, 0.5) is 4.79 Å². The fourth-order valence-corrected chi connectivity index (χ4v) is 1.88. The minimum Gasteiger partial charge on any atom is -0.465 e. The molecule has 2 aliphatic rings. The van der Waals surface area contributed by atoms with Crippen LogP contribution in [0, 0.1) is 11.8 Å². The highest BCUT2D eigenvalue weighted by atomic mass is 35.5. The Morgan fingerprint density at radius 1 is 1.58 bits per heavy atom. The molecule has 0 spiro atoms. The summed E-state index contributed by atoms with van der Waals surface area (Å²) in [7, 11) is 0. The number of likely N-dealkylation sites (tertiary alicyclic amines) is 1. The molecule has 2 atom stereocenters. The number of esters is 1. The molecule has 12 heavy (non-hydrogen) atoms. The maximum atomic E-state index is 11.0. The number of ether oxygens (including phenoxy) is 1. The Morgan fingerprint density at radius 3 is 2.92 bits per heavy atom. The minimum atomic E-state index is -0.475. The van der Waals surface area contributed by atoms with Crippen LogP contribution in [0.25, 0.3) is 0 Å². The summed E-state index contributed by atoms with van der Waals surface area (Å²) in [6.07, 6.45) is 0. The van der Waals surface area contributed by atoms with E-state index in [0.29, 0.717) is 19.7 Å². The zero-order valence-corrected chi connectivity index (χ0v) is 7.08. The van der Waals surface area contributed by atoms with E-state index in [4.69, 9.17) is 16.3 Å². The van der Waals surface area contributed by atoms with Gasteiger partial charge in [-0.2, -0.15) is 0 Å². The summed E-state index contributed by atoms with van der Waals surface area (Å²) < 4.78 is 4.83. The second kappa shape index (κ2) is 2.62. The van der Waals surface area contributed by atoms with Gasteiger partial charge in [0.2, 0.25) is 0 Å². The van der Waals surface area contributed by atoms with E-state index in [1.807, 2.05) is 0 Å². The first kappa shape index (κ1) is 7.86. The van der Waals surface area contributed by atoms with Crippen molar-refractivity contribution in [3.05, 3.63) is 0 Å². The van der Waals surface area contributed by atoms with E-state index in [-0.39, 0.29) is 17.8 Å². The van der Waals surface area contributed by atoms with E-state index >= 15 is 0 Å². The third-order valence-corrected chi connectivity index (χ3v) is 2.67. The molecule has 2 heterocycles. The Bertz CT molecular complexity index is 243. The molecular formula is C7H8ClNO3. The van der Waals surface area contributed by atoms with Gasteiger partial charge >= 0.3 is 11.3 Å². The number of rotatable bonds is 0. The zero-order chi connectivity index (χ0) is 8.72. The van der Waals surface area contributed by atoms with Gasteiger partial charge in [-0.1, -0.05) is 0 Å². The summed E-state index contributed by atoms with van der Waals surface area (Å²) in [6.45, 7) is 1.41. The first-order chi connectivity index (χ1) is 5.68. The van der Waals surface area contributed by atoms with Crippen LogP contribution in [0.15, 0.2) is 0 Å². The molecule has 0 unspecified atom stereocenters. The molecule has 0 aromatic carbocycles. The molecule has 4 nitrogen and oxygen atoms in total. The maximum Gasteiger partial charge on any atom is 0.316 e. The highest BCUT2D eigenvalue weighted by Gasteiger charge is 2.45. The number of hydrogen-bond acceptors (Lipinski definition) is 3. The average Bonchev–Trinajstić information content (AvgIpc) is 2.53. The number of cyclic esters (lactones) is 1. The summed E-state index contributed by atoms with van der Waals surface area (Å²) >= 11 is 5.28. The Labute approximate surface area is 74.4 Å². The summed E-state index contributed by atoms with van der Waals surface area (Å²) in [6, 6.07) is 0. The predicted molar refractivity (Wildman–Crippen MR) is 40.8 cm³/mol. The Balaban J connectivity index is 2.07. The van der Waals surface area contributed by atoms with Gasteiger partial charge in [-0.3, -0.25) is 9.59 Å². The monoisotopic (exact) mass is 189 g/mol. The number of nitrogens with zero attached hydrogens (tertiary/aromatic N) is 1. The van der Waals surface area contributed by atoms with Crippen molar-refractivity contribution in [1.82, 2.24) is 4.90 Å². The standard InChI is InChI=1S/C7H8ClNO3/c8-7(11)9-1-4-3-12-6(10)5(4)2-9/h4-5H,1-3H2/t4-,5-/m1/s1. The molecular weight excluding hydrogens is 182 g/mol. The van der Waals surface area contributed by atoms with E-state index in [9.17, 15) is 9.59 Å². The lowest BCUT2D eigenvalue weighted by Crippen LogP contribution is -2.26. The van der Waals surface area contributed by atoms with Crippen LogP contribution in [-0.4, -0.2) is 35.9 Å². The maximum absolute atomic E-state index is 11.0. The van der Waals surface area contributed by atoms with Gasteiger partial charge in [0.25, 0.3) is 0 Å². The van der Waals surface area contributed by atoms with Gasteiger partial charge in [0.1, 0.15) is 0 Å². The zero-order valence-electron chi connectivity index (χ0n) is 6.33. The van der Waals surface area contributed by atoms with Crippen LogP contribution in [0.3, 0.4) is 0 Å². The molecule has 0 radical (unpaired) electrons. The molecule has 0 aliphatic carbocycles. The Morgan fingerprint density at radius 2 is 2.33 bits per heavy atom. The second-order valence-corrected chi connectivity index (χ2v) is 3.48. The van der Waals surface area contributed by atoms with Crippen LogP contribution in [0.5, 0.6) is 0 Å². The highest BCUT2D eigenvalue weighted by molar-refractivity contribution is 6.62. The minimum absolute atomic E-state index is 0.132. The molecule has 2 fully saturated rings. The van der Waals surface area contributed by atoms with Crippen molar-refractivity contribution in [2.24, 2.45) is 11.8 Å². The first-order valence-electron chi connectivity index (χ1n) is 3.79. The fraction of sp³-hybridized carbons (Fsp3) is 0.714. The van der Waals surface area contributed by atoms with E-state index in [1.165, 1.54) is 4.90 Å². The third-order valence-electron chi connectivity index (χ3n) is 2.43. The van der Waals surface area contributed by atoms with Crippen LogP contribution in [0.2, 0.25) is 0 Å². The first-order valence-corrected chi connectivity index (χ1v) is 4.17. The van der Waals surface area contributed by atoms with Crippen LogP contribution >= 0.6 is 11.6 Å². The molecule has 1 amide bonds. The van der Waals surface area contributed by atoms with E-state index in [1.54, 1.807) is 0 Å². The molecule has 0 bridgehead atoms. The molecule has 2 rings (SSSR count). The SMILES string of the molecule is O=C1OC[C@H]2CN(C(=O)Cl)C[C@@H]12. The molecule has 66 valence electrons. The number of hydrogen-bond donors (Lipinski definition) is 0. The molecule has 2 aliphatic heterocycles. The highest BCUT2D eigenvalue weighted by Crippen LogP contribution is 2.30. The van der Waals surface area contributed by atoms with Crippen molar-refractivity contribution in [3.63, 3.8) is 0 Å². The summed E-state index contributed by atoms with van der Waals surface area (Å²) in [5, 5.41) is -0.475. The predicted octanol–water partition coefficient (Wildman–Crippen LogP) is 0.450. The van der Waals surface area contributed by atoms with Gasteiger partial charge in [0, 0.05) is 19.0 Å². The van der Waals surface area contributed by atoms with Gasteiger partial charge in [0.05, 0.1) is 12.5 Å². The smallest absolute Gasteiger partial charge is 0.316 e. The molecule has 5 heteroatoms. The van der Waals surface area contributed by atoms with Gasteiger partial charge in [-0.25, -0.2) is 0 Å². The van der Waals surface area contributed by atoms with Crippen molar-refractivity contribution in [2.45, 2.75) is 0 Å². The van der Waals surface area contributed by atoms with Gasteiger partial charge < -0.3 is 9.64 Å². The van der Waals surface area contributed by atoms with Crippen molar-refractivity contribution in [1.29, 1.82) is 0 Å². The number of amides is 1.